The van der Waals surface area contributed by atoms with Crippen LogP contribution < -0.4 is 15.9 Å². The Kier molecular flexibility index (Phi) is 17.8. The number of carbonyl (C=O) groups is 2. The predicted molar refractivity (Wildman–Crippen MR) is 283 cm³/mol. The van der Waals surface area contributed by atoms with Crippen LogP contribution in [0.15, 0.2) is 131 Å². The third-order valence-corrected chi connectivity index (χ3v) is 21.3. The fraction of sp³-hybridized carbons (Fsp3) is 0.350. The van der Waals surface area contributed by atoms with Gasteiger partial charge in [-0.15, -0.1) is 0 Å². The number of allylic oxidation sites excluding steroid dienone is 7. The van der Waals surface area contributed by atoms with Gasteiger partial charge in [0.1, 0.15) is 0 Å². The zero-order chi connectivity index (χ0) is 46.6. The van der Waals surface area contributed by atoms with Crippen molar-refractivity contribution in [3.63, 3.8) is 0 Å². The Balaban J connectivity index is 1.50. The van der Waals surface area contributed by atoms with Gasteiger partial charge in [-0.2, -0.15) is 0 Å². The zero-order valence-electron chi connectivity index (χ0n) is 39.8. The molecule has 0 bridgehead atoms. The molecule has 2 atom stereocenters. The van der Waals surface area contributed by atoms with Crippen molar-refractivity contribution >= 4 is 63.5 Å². The van der Waals surface area contributed by atoms with E-state index >= 15 is 9.59 Å². The van der Waals surface area contributed by atoms with Crippen LogP contribution in [0.1, 0.15) is 164 Å². The van der Waals surface area contributed by atoms with E-state index in [-0.39, 0.29) is 11.6 Å². The Bertz CT molecular complexity index is 2650. The number of thiophene rings is 2. The quantitative estimate of drug-likeness (QED) is 0.0635. The molecule has 6 heteroatoms. The molecule has 0 saturated heterocycles. The van der Waals surface area contributed by atoms with Gasteiger partial charge in [0.25, 0.3) is 0 Å². The summed E-state index contributed by atoms with van der Waals surface area (Å²) in [6.07, 6.45) is 22.4. The van der Waals surface area contributed by atoms with Crippen LogP contribution in [0.25, 0.3) is 6.08 Å². The molecule has 2 heterocycles. The maximum atomic E-state index is 15.6. The molecule has 2 aliphatic carbocycles. The first-order chi connectivity index (χ1) is 32.3. The first-order valence-corrected chi connectivity index (χ1v) is 29.1. The van der Waals surface area contributed by atoms with E-state index < -0.39 is 7.26 Å². The molecule has 2 aromatic heterocycles. The molecule has 2 unspecified atom stereocenters. The van der Waals surface area contributed by atoms with Crippen LogP contribution in [0.3, 0.4) is 0 Å². The summed E-state index contributed by atoms with van der Waals surface area (Å²) < 4.78 is 3.84. The van der Waals surface area contributed by atoms with E-state index in [1.165, 1.54) is 51.2 Å². The molecular weight excluding hydrogens is 1040 g/mol. The van der Waals surface area contributed by atoms with Gasteiger partial charge >= 0.3 is 332 Å². The Morgan fingerprint density at radius 1 is 0.682 bits per heavy atom. The normalized spacial score (nSPS) is 16.2. The van der Waals surface area contributed by atoms with Gasteiger partial charge in [-0.05, 0) is 5.92 Å². The topological polar surface area (TPSA) is 34.1 Å². The van der Waals surface area contributed by atoms with Gasteiger partial charge < -0.3 is 0 Å². The van der Waals surface area contributed by atoms with Crippen LogP contribution in [0, 0.1) is 28.0 Å². The predicted octanol–water partition coefficient (Wildman–Crippen LogP) is 15.3. The number of unbranched alkanes of at least 4 members (excludes halogenated alkanes) is 2. The molecule has 0 radical (unpaired) electrons. The number of fused-ring (bicyclic) bond motifs is 2. The van der Waals surface area contributed by atoms with Crippen molar-refractivity contribution in [1.29, 1.82) is 0 Å². The number of rotatable bonds is 18. The van der Waals surface area contributed by atoms with E-state index in [1.54, 1.807) is 29.3 Å². The first-order valence-electron chi connectivity index (χ1n) is 24.4. The molecule has 2 nitrogen and oxygen atoms in total. The molecule has 0 spiro atoms. The zero-order valence-corrected chi connectivity index (χ0v) is 44.8. The standard InChI is InChI=1S/C60H65O2PS2.Os/c1-8-14-27-43(11-4)39-53-57-58(54(65-53)40-44(12-5)28-15-9-2)60(62)56-52(64-51(26-10-3)55(56)59(57)61)38-37-46(41-47-30-25-29-45(47)13-6)42(7)63(48-31-19-16-20-32-48,49-33-21-17-22-34-49)50-35-23-18-24-36-50;/h10,13,16-24,26,31-36,41,43-44H,8-9,11-12,14-15,25,27-30,39-40H2,1-6H3;/q+1;/b26-10+,45-13?,46-42?,47-41?;. The van der Waals surface area contributed by atoms with Crippen molar-refractivity contribution in [2.24, 2.45) is 11.8 Å². The van der Waals surface area contributed by atoms with Crippen LogP contribution in [0.5, 0.6) is 0 Å². The average Bonchev–Trinajstić information content (AvgIpc) is 4.08. The van der Waals surface area contributed by atoms with E-state index in [1.807, 2.05) is 19.1 Å². The van der Waals surface area contributed by atoms with Crippen LogP contribution in [0.2, 0.25) is 0 Å². The number of hydrogen-bond donors (Lipinski definition) is 0. The van der Waals surface area contributed by atoms with Crippen molar-refractivity contribution in [3.05, 3.63) is 173 Å². The molecule has 7 rings (SSSR count). The van der Waals surface area contributed by atoms with Crippen molar-refractivity contribution < 1.29 is 27.5 Å². The van der Waals surface area contributed by atoms with Crippen molar-refractivity contribution in [1.82, 2.24) is 0 Å². The van der Waals surface area contributed by atoms with Crippen molar-refractivity contribution in [2.75, 3.05) is 0 Å². The third-order valence-electron chi connectivity index (χ3n) is 13.6. The van der Waals surface area contributed by atoms with Gasteiger partial charge in [0, 0.05) is 0 Å². The van der Waals surface area contributed by atoms with Crippen LogP contribution in [0.4, 0.5) is 0 Å². The molecule has 0 N–H and O–H groups in total. The van der Waals surface area contributed by atoms with E-state index in [2.05, 4.69) is 154 Å². The second-order valence-electron chi connectivity index (χ2n) is 17.8. The molecule has 2 aliphatic rings. The van der Waals surface area contributed by atoms with Gasteiger partial charge in [0.05, 0.1) is 0 Å². The number of carbonyl (C=O) groups excluding carboxylic acids is 2. The second-order valence-corrected chi connectivity index (χ2v) is 24.0. The van der Waals surface area contributed by atoms with Crippen LogP contribution in [-0.2, 0) is 30.8 Å². The fourth-order valence-electron chi connectivity index (χ4n) is 10.0. The van der Waals surface area contributed by atoms with Gasteiger partial charge in [-0.1, -0.05) is 79.1 Å². The molecule has 66 heavy (non-hydrogen) atoms. The summed E-state index contributed by atoms with van der Waals surface area (Å²) >= 11 is 5.02. The van der Waals surface area contributed by atoms with E-state index in [9.17, 15) is 0 Å². The number of hydrogen-bond acceptors (Lipinski definition) is 4. The van der Waals surface area contributed by atoms with Gasteiger partial charge in [0.2, 0.25) is 0 Å². The monoisotopic (exact) mass is 1100 g/mol. The van der Waals surface area contributed by atoms with Gasteiger partial charge in [-0.3, -0.25) is 0 Å². The van der Waals surface area contributed by atoms with Crippen LogP contribution >= 0.6 is 29.9 Å². The van der Waals surface area contributed by atoms with Crippen LogP contribution in [-0.4, -0.2) is 11.6 Å². The molecule has 1 saturated carbocycles. The Labute approximate surface area is 414 Å². The average molecular weight is 1100 g/mol. The SMILES string of the molecule is CC=C1CCCC1=CC(C#Cc1sc(/C=C/C)c2c1C(=O)c1c(CC(CC)CCCC)sc(CC(CC)CCCC)c1C2=O)=C([C]#[Os])[P+](c1ccccc1)(c1ccccc1)c1ccccc1. The number of benzene rings is 3. The molecule has 341 valence electrons. The molecule has 1 fully saturated rings. The van der Waals surface area contributed by atoms with Crippen molar-refractivity contribution in [2.45, 2.75) is 125 Å². The first kappa shape index (κ1) is 49.7. The van der Waals surface area contributed by atoms with Gasteiger partial charge in [-0.25, -0.2) is 0 Å². The second kappa shape index (κ2) is 23.7. The summed E-state index contributed by atoms with van der Waals surface area (Å²) in [5.41, 5.74) is 5.96. The Hall–Kier alpha value is -4.23. The molecule has 3 aromatic carbocycles. The summed E-state index contributed by atoms with van der Waals surface area (Å²) in [5.74, 6) is 8.40. The molecule has 0 aliphatic heterocycles. The minimum atomic E-state index is -2.59. The summed E-state index contributed by atoms with van der Waals surface area (Å²) in [7, 11) is -2.59. The summed E-state index contributed by atoms with van der Waals surface area (Å²) in [5, 5.41) is 4.77. The molecule has 5 aromatic rings. The van der Waals surface area contributed by atoms with E-state index in [4.69, 9.17) is 0 Å². The van der Waals surface area contributed by atoms with Gasteiger partial charge in [0.15, 0.2) is 0 Å². The number of ketones is 2. The Morgan fingerprint density at radius 3 is 1.64 bits per heavy atom. The summed E-state index contributed by atoms with van der Waals surface area (Å²) in [6, 6.07) is 32.8. The third kappa shape index (κ3) is 10.3. The molecular formula is C60H65O2OsPS2+. The fourth-order valence-corrected chi connectivity index (χ4v) is 18.4. The maximum absolute atomic E-state index is 15.6. The van der Waals surface area contributed by atoms with E-state index in [0.717, 1.165) is 96.1 Å². The van der Waals surface area contributed by atoms with E-state index in [0.29, 0.717) is 39.0 Å². The molecule has 0 amide bonds. The summed E-state index contributed by atoms with van der Waals surface area (Å²) in [4.78, 5) is 34.6. The summed E-state index contributed by atoms with van der Waals surface area (Å²) in [6.45, 7) is 13.2. The van der Waals surface area contributed by atoms with Crippen molar-refractivity contribution in [3.8, 4) is 16.2 Å². The Morgan fingerprint density at radius 2 is 1.18 bits per heavy atom. The minimum absolute atomic E-state index is 0.00213.